The highest BCUT2D eigenvalue weighted by atomic mass is 19.4. The molecule has 0 fully saturated rings. The van der Waals surface area contributed by atoms with E-state index < -0.39 is 11.7 Å². The van der Waals surface area contributed by atoms with E-state index in [9.17, 15) is 23.7 Å². The number of nitriles is 2. The van der Waals surface area contributed by atoms with Crippen molar-refractivity contribution in [2.75, 3.05) is 0 Å². The lowest BCUT2D eigenvalue weighted by molar-refractivity contribution is -0.137. The summed E-state index contributed by atoms with van der Waals surface area (Å²) in [6.07, 6.45) is -4.64. The Balaban J connectivity index is 1.12. The van der Waals surface area contributed by atoms with Crippen molar-refractivity contribution in [1.29, 1.82) is 10.5 Å². The molecule has 0 aliphatic carbocycles. The molecule has 0 atom stereocenters. The Morgan fingerprint density at radius 1 is 0.303 bits per heavy atom. The first kappa shape index (κ1) is 45.6. The van der Waals surface area contributed by atoms with Gasteiger partial charge in [-0.25, -0.2) is 0 Å². The van der Waals surface area contributed by atoms with Crippen molar-refractivity contribution >= 4 is 43.6 Å². The third-order valence-corrected chi connectivity index (χ3v) is 14.6. The molecule has 0 unspecified atom stereocenters. The number of hydrogen-bond acceptors (Lipinski definition) is 2. The van der Waals surface area contributed by atoms with Crippen LogP contribution in [-0.4, -0.2) is 9.13 Å². The van der Waals surface area contributed by atoms with Crippen LogP contribution in [0.4, 0.5) is 13.2 Å². The van der Waals surface area contributed by atoms with Gasteiger partial charge in [-0.15, -0.1) is 0 Å². The van der Waals surface area contributed by atoms with Gasteiger partial charge in [0.25, 0.3) is 0 Å². The van der Waals surface area contributed by atoms with Gasteiger partial charge in [0.1, 0.15) is 0 Å². The highest BCUT2D eigenvalue weighted by Crippen LogP contribution is 2.45. The molecule has 11 aromatic carbocycles. The van der Waals surface area contributed by atoms with Gasteiger partial charge in [-0.3, -0.25) is 0 Å². The standard InChI is InChI=1S/C69H41F3N4/c70-69(71,72)55-27-29-56(54(36-55)43-74)53-26-34-63(75-64-30-22-49(45-13-5-1-6-14-45)37-59(64)60-38-50(23-31-65(60)75)46-15-7-2-8-16-46)58(41-53)57-28-21-44(42-73)35-68(57)76-66-32-24-51(47-17-9-3-10-18-47)39-61(66)62-40-52(25-33-67(62)76)48-19-11-4-12-20-48/h1-41H. The number of benzene rings is 11. The van der Waals surface area contributed by atoms with Gasteiger partial charge in [-0.1, -0.05) is 164 Å². The molecule has 2 aromatic heterocycles. The second-order valence-corrected chi connectivity index (χ2v) is 19.0. The minimum absolute atomic E-state index is 0.0989. The van der Waals surface area contributed by atoms with Crippen LogP contribution in [0.2, 0.25) is 0 Å². The molecule has 13 rings (SSSR count). The normalized spacial score (nSPS) is 11.6. The quantitative estimate of drug-likeness (QED) is 0.152. The summed E-state index contributed by atoms with van der Waals surface area (Å²) >= 11 is 0. The highest BCUT2D eigenvalue weighted by Gasteiger charge is 2.31. The first-order chi connectivity index (χ1) is 37.2. The Morgan fingerprint density at radius 2 is 0.697 bits per heavy atom. The predicted octanol–water partition coefficient (Wildman–Crippen LogP) is 18.6. The third kappa shape index (κ3) is 7.87. The lowest BCUT2D eigenvalue weighted by atomic mass is 9.92. The lowest BCUT2D eigenvalue weighted by Gasteiger charge is -2.20. The van der Waals surface area contributed by atoms with Crippen LogP contribution in [0.1, 0.15) is 16.7 Å². The van der Waals surface area contributed by atoms with E-state index in [1.165, 1.54) is 6.07 Å². The molecule has 0 spiro atoms. The second kappa shape index (κ2) is 18.4. The fourth-order valence-corrected chi connectivity index (χ4v) is 11.0. The average molecular weight is 983 g/mol. The van der Waals surface area contributed by atoms with E-state index in [0.29, 0.717) is 16.7 Å². The third-order valence-electron chi connectivity index (χ3n) is 14.6. The fourth-order valence-electron chi connectivity index (χ4n) is 11.0. The molecule has 0 saturated carbocycles. The summed E-state index contributed by atoms with van der Waals surface area (Å²) in [6, 6.07) is 86.6. The number of alkyl halides is 3. The summed E-state index contributed by atoms with van der Waals surface area (Å²) in [5, 5.41) is 25.2. The number of nitrogens with zero attached hydrogens (tertiary/aromatic N) is 4. The molecular weight excluding hydrogens is 942 g/mol. The fraction of sp³-hybridized carbons (Fsp3) is 0.0145. The number of hydrogen-bond donors (Lipinski definition) is 0. The van der Waals surface area contributed by atoms with Gasteiger partial charge in [0.2, 0.25) is 0 Å². The minimum atomic E-state index is -4.64. The molecule has 2 heterocycles. The second-order valence-electron chi connectivity index (χ2n) is 19.0. The zero-order valence-corrected chi connectivity index (χ0v) is 40.6. The van der Waals surface area contributed by atoms with E-state index in [-0.39, 0.29) is 5.56 Å². The van der Waals surface area contributed by atoms with Crippen LogP contribution >= 0.6 is 0 Å². The average Bonchev–Trinajstić information content (AvgIpc) is 4.06. The van der Waals surface area contributed by atoms with Gasteiger partial charge in [-0.2, -0.15) is 23.7 Å². The van der Waals surface area contributed by atoms with Crippen molar-refractivity contribution in [2.24, 2.45) is 0 Å². The molecule has 4 nitrogen and oxygen atoms in total. The Bertz CT molecular complexity index is 4310. The van der Waals surface area contributed by atoms with E-state index >= 15 is 0 Å². The Morgan fingerprint density at radius 3 is 1.09 bits per heavy atom. The van der Waals surface area contributed by atoms with E-state index in [1.54, 1.807) is 0 Å². The molecule has 0 saturated heterocycles. The molecule has 0 aliphatic rings. The zero-order valence-electron chi connectivity index (χ0n) is 40.6. The van der Waals surface area contributed by atoms with Crippen molar-refractivity contribution in [3.63, 3.8) is 0 Å². The zero-order chi connectivity index (χ0) is 51.5. The monoisotopic (exact) mass is 982 g/mol. The summed E-state index contributed by atoms with van der Waals surface area (Å²) in [5.74, 6) is 0. The first-order valence-electron chi connectivity index (χ1n) is 24.9. The van der Waals surface area contributed by atoms with Crippen LogP contribution < -0.4 is 0 Å². The van der Waals surface area contributed by atoms with Gasteiger partial charge < -0.3 is 9.13 Å². The van der Waals surface area contributed by atoms with Gasteiger partial charge in [0.15, 0.2) is 0 Å². The molecule has 0 radical (unpaired) electrons. The summed E-state index contributed by atoms with van der Waals surface area (Å²) < 4.78 is 47.0. The maximum absolute atomic E-state index is 14.2. The summed E-state index contributed by atoms with van der Waals surface area (Å²) in [7, 11) is 0. The maximum Gasteiger partial charge on any atom is 0.416 e. The number of aromatic nitrogens is 2. The highest BCUT2D eigenvalue weighted by molar-refractivity contribution is 6.14. The SMILES string of the molecule is N#Cc1ccc(-c2cc(-c3ccc(C(F)(F)F)cc3C#N)ccc2-n2c3ccc(-c4ccccc4)cc3c3cc(-c4ccccc4)ccc32)c(-n2c3ccc(-c4ccccc4)cc3c3cc(-c4ccccc4)ccc32)c1. The molecule has 358 valence electrons. The van der Waals surface area contributed by atoms with E-state index in [4.69, 9.17) is 0 Å². The first-order valence-corrected chi connectivity index (χ1v) is 24.9. The Kier molecular flexibility index (Phi) is 11.0. The van der Waals surface area contributed by atoms with Crippen LogP contribution in [-0.2, 0) is 6.18 Å². The molecule has 7 heteroatoms. The number of fused-ring (bicyclic) bond motifs is 6. The maximum atomic E-state index is 14.2. The topological polar surface area (TPSA) is 57.4 Å². The van der Waals surface area contributed by atoms with Crippen LogP contribution in [0, 0.1) is 22.7 Å². The largest absolute Gasteiger partial charge is 0.416 e. The predicted molar refractivity (Wildman–Crippen MR) is 302 cm³/mol. The van der Waals surface area contributed by atoms with Crippen LogP contribution in [0.15, 0.2) is 249 Å². The Labute approximate surface area is 436 Å². The van der Waals surface area contributed by atoms with E-state index in [2.05, 4.69) is 143 Å². The van der Waals surface area contributed by atoms with Crippen molar-refractivity contribution in [3.8, 4) is 90.3 Å². The van der Waals surface area contributed by atoms with Crippen LogP contribution in [0.5, 0.6) is 0 Å². The van der Waals surface area contributed by atoms with Gasteiger partial charge in [0, 0.05) is 32.7 Å². The van der Waals surface area contributed by atoms with E-state index in [1.807, 2.05) is 109 Å². The summed E-state index contributed by atoms with van der Waals surface area (Å²) in [6.45, 7) is 0. The summed E-state index contributed by atoms with van der Waals surface area (Å²) in [4.78, 5) is 0. The molecular formula is C69H41F3N4. The lowest BCUT2D eigenvalue weighted by Crippen LogP contribution is -2.05. The molecule has 0 bridgehead atoms. The summed E-state index contributed by atoms with van der Waals surface area (Å²) in [5.41, 5.74) is 15.7. The molecule has 0 N–H and O–H groups in total. The van der Waals surface area contributed by atoms with E-state index in [0.717, 1.165) is 123 Å². The van der Waals surface area contributed by atoms with Crippen molar-refractivity contribution < 1.29 is 13.2 Å². The van der Waals surface area contributed by atoms with Crippen molar-refractivity contribution in [3.05, 3.63) is 265 Å². The minimum Gasteiger partial charge on any atom is -0.309 e. The molecule has 0 aliphatic heterocycles. The number of halogens is 3. The molecule has 76 heavy (non-hydrogen) atoms. The van der Waals surface area contributed by atoms with Crippen molar-refractivity contribution in [2.45, 2.75) is 6.18 Å². The van der Waals surface area contributed by atoms with Crippen LogP contribution in [0.3, 0.4) is 0 Å². The molecule has 13 aromatic rings. The van der Waals surface area contributed by atoms with Gasteiger partial charge in [0.05, 0.1) is 62.3 Å². The van der Waals surface area contributed by atoms with Crippen LogP contribution in [0.25, 0.3) is 122 Å². The van der Waals surface area contributed by atoms with Gasteiger partial charge in [-0.05, 0) is 141 Å². The smallest absolute Gasteiger partial charge is 0.309 e. The van der Waals surface area contributed by atoms with Crippen molar-refractivity contribution in [1.82, 2.24) is 9.13 Å². The number of rotatable bonds is 8. The van der Waals surface area contributed by atoms with Gasteiger partial charge >= 0.3 is 6.18 Å². The Hall–Kier alpha value is -10.2. The molecule has 0 amide bonds.